The van der Waals surface area contributed by atoms with Crippen molar-refractivity contribution >= 4 is 38.8 Å². The molecule has 1 aromatic carbocycles. The van der Waals surface area contributed by atoms with E-state index < -0.39 is 27.3 Å². The standard InChI is InChI=1S/C13H13ClFNO4S/c1-2-6-21(19,20)7-5-16-11-9(15)4-3-8(14)10(11)12(17)13(16)18/h3-4H,2,5-7H2,1H3. The number of amides is 1. The summed E-state index contributed by atoms with van der Waals surface area (Å²) in [7, 11) is -3.35. The maximum absolute atomic E-state index is 13.9. The van der Waals surface area contributed by atoms with E-state index in [1.807, 2.05) is 0 Å². The highest BCUT2D eigenvalue weighted by atomic mass is 35.5. The molecule has 0 saturated heterocycles. The monoisotopic (exact) mass is 333 g/mol. The Hall–Kier alpha value is -1.47. The smallest absolute Gasteiger partial charge is 0.299 e. The van der Waals surface area contributed by atoms with Gasteiger partial charge in [0, 0.05) is 12.3 Å². The van der Waals surface area contributed by atoms with Gasteiger partial charge in [0.05, 0.1) is 22.0 Å². The second-order valence-corrected chi connectivity index (χ2v) is 7.40. The van der Waals surface area contributed by atoms with E-state index in [0.717, 1.165) is 11.0 Å². The Labute approximate surface area is 126 Å². The molecule has 0 bridgehead atoms. The van der Waals surface area contributed by atoms with Crippen LogP contribution in [0.15, 0.2) is 12.1 Å². The summed E-state index contributed by atoms with van der Waals surface area (Å²) in [6.45, 7) is 1.45. The lowest BCUT2D eigenvalue weighted by Gasteiger charge is -2.17. The Morgan fingerprint density at radius 2 is 1.90 bits per heavy atom. The van der Waals surface area contributed by atoms with Crippen LogP contribution in [0, 0.1) is 5.82 Å². The fourth-order valence-electron chi connectivity index (χ4n) is 2.21. The maximum Gasteiger partial charge on any atom is 0.299 e. The molecule has 0 saturated carbocycles. The predicted octanol–water partition coefficient (Wildman–Crippen LogP) is 1.83. The molecule has 0 radical (unpaired) electrons. The Bertz CT molecular complexity index is 717. The summed E-state index contributed by atoms with van der Waals surface area (Å²) >= 11 is 5.82. The first kappa shape index (κ1) is 15.9. The largest absolute Gasteiger partial charge is 0.301 e. The molecule has 8 heteroatoms. The third kappa shape index (κ3) is 2.94. The molecule has 0 spiro atoms. The van der Waals surface area contributed by atoms with Gasteiger partial charge in [0.15, 0.2) is 9.84 Å². The Morgan fingerprint density at radius 1 is 1.24 bits per heavy atom. The van der Waals surface area contributed by atoms with Crippen molar-refractivity contribution < 1.29 is 22.4 Å². The zero-order valence-corrected chi connectivity index (χ0v) is 12.8. The van der Waals surface area contributed by atoms with Crippen LogP contribution in [0.4, 0.5) is 10.1 Å². The zero-order valence-electron chi connectivity index (χ0n) is 11.2. The second kappa shape index (κ2) is 5.73. The summed E-state index contributed by atoms with van der Waals surface area (Å²) < 4.78 is 37.3. The average molecular weight is 334 g/mol. The van der Waals surface area contributed by atoms with Crippen molar-refractivity contribution in [2.24, 2.45) is 0 Å². The van der Waals surface area contributed by atoms with Crippen LogP contribution in [0.2, 0.25) is 5.02 Å². The first-order valence-electron chi connectivity index (χ1n) is 6.33. The fraction of sp³-hybridized carbons (Fsp3) is 0.385. The molecule has 5 nitrogen and oxygen atoms in total. The molecule has 21 heavy (non-hydrogen) atoms. The number of rotatable bonds is 5. The molecular weight excluding hydrogens is 321 g/mol. The fourth-order valence-corrected chi connectivity index (χ4v) is 3.73. The van der Waals surface area contributed by atoms with Crippen LogP contribution in [-0.2, 0) is 14.6 Å². The van der Waals surface area contributed by atoms with Crippen molar-refractivity contribution in [3.8, 4) is 0 Å². The summed E-state index contributed by atoms with van der Waals surface area (Å²) in [5.41, 5.74) is -0.432. The molecule has 0 N–H and O–H groups in total. The van der Waals surface area contributed by atoms with E-state index in [1.54, 1.807) is 6.92 Å². The Balaban J connectivity index is 2.34. The average Bonchev–Trinajstić information content (AvgIpc) is 2.66. The number of carbonyl (C=O) groups is 2. The van der Waals surface area contributed by atoms with Gasteiger partial charge in [0.2, 0.25) is 0 Å². The summed E-state index contributed by atoms with van der Waals surface area (Å²) in [5.74, 6) is -2.99. The highest BCUT2D eigenvalue weighted by Gasteiger charge is 2.40. The molecule has 0 fully saturated rings. The number of carbonyl (C=O) groups excluding carboxylic acids is 2. The Morgan fingerprint density at radius 3 is 2.52 bits per heavy atom. The van der Waals surface area contributed by atoms with Gasteiger partial charge >= 0.3 is 0 Å². The third-order valence-electron chi connectivity index (χ3n) is 3.16. The van der Waals surface area contributed by atoms with E-state index in [1.165, 1.54) is 6.07 Å². The Kier molecular flexibility index (Phi) is 4.34. The lowest BCUT2D eigenvalue weighted by Crippen LogP contribution is -2.35. The predicted molar refractivity (Wildman–Crippen MR) is 77.0 cm³/mol. The van der Waals surface area contributed by atoms with E-state index in [-0.39, 0.29) is 34.3 Å². The molecule has 1 aliphatic heterocycles. The number of anilines is 1. The van der Waals surface area contributed by atoms with E-state index in [0.29, 0.717) is 6.42 Å². The van der Waals surface area contributed by atoms with E-state index in [4.69, 9.17) is 11.6 Å². The van der Waals surface area contributed by atoms with Crippen molar-refractivity contribution in [2.45, 2.75) is 13.3 Å². The molecule has 1 aromatic rings. The van der Waals surface area contributed by atoms with Crippen LogP contribution < -0.4 is 4.90 Å². The van der Waals surface area contributed by atoms with Crippen molar-refractivity contribution in [2.75, 3.05) is 23.0 Å². The van der Waals surface area contributed by atoms with Crippen LogP contribution in [0.3, 0.4) is 0 Å². The molecule has 1 amide bonds. The van der Waals surface area contributed by atoms with Gasteiger partial charge in [-0.05, 0) is 18.6 Å². The quantitative estimate of drug-likeness (QED) is 0.771. The number of sulfone groups is 1. The van der Waals surface area contributed by atoms with Crippen LogP contribution in [0.5, 0.6) is 0 Å². The van der Waals surface area contributed by atoms with Crippen LogP contribution >= 0.6 is 11.6 Å². The first-order valence-corrected chi connectivity index (χ1v) is 8.53. The molecule has 0 atom stereocenters. The number of benzene rings is 1. The third-order valence-corrected chi connectivity index (χ3v) is 5.31. The van der Waals surface area contributed by atoms with E-state index >= 15 is 0 Å². The van der Waals surface area contributed by atoms with Crippen molar-refractivity contribution in [3.63, 3.8) is 0 Å². The maximum atomic E-state index is 13.9. The van der Waals surface area contributed by atoms with Gasteiger partial charge in [-0.2, -0.15) is 0 Å². The van der Waals surface area contributed by atoms with Gasteiger partial charge in [-0.25, -0.2) is 12.8 Å². The number of hydrogen-bond acceptors (Lipinski definition) is 4. The number of ketones is 1. The molecule has 1 heterocycles. The summed E-state index contributed by atoms with van der Waals surface area (Å²) in [6.07, 6.45) is 0.450. The van der Waals surface area contributed by atoms with Crippen LogP contribution in [0.1, 0.15) is 23.7 Å². The minimum absolute atomic E-state index is 0.0200. The highest BCUT2D eigenvalue weighted by molar-refractivity contribution is 7.91. The molecule has 114 valence electrons. The number of nitrogens with zero attached hydrogens (tertiary/aromatic N) is 1. The first-order chi connectivity index (χ1) is 9.78. The molecule has 0 unspecified atom stereocenters. The van der Waals surface area contributed by atoms with E-state index in [9.17, 15) is 22.4 Å². The van der Waals surface area contributed by atoms with E-state index in [2.05, 4.69) is 0 Å². The molecule has 2 rings (SSSR count). The minimum atomic E-state index is -3.35. The number of hydrogen-bond donors (Lipinski definition) is 0. The lowest BCUT2D eigenvalue weighted by atomic mass is 10.1. The SMILES string of the molecule is CCCS(=O)(=O)CCN1C(=O)C(=O)c2c(Cl)ccc(F)c21. The van der Waals surface area contributed by atoms with Gasteiger partial charge in [0.25, 0.3) is 11.7 Å². The molecule has 0 aromatic heterocycles. The lowest BCUT2D eigenvalue weighted by molar-refractivity contribution is -0.114. The van der Waals surface area contributed by atoms with Crippen molar-refractivity contribution in [1.29, 1.82) is 0 Å². The second-order valence-electron chi connectivity index (χ2n) is 4.69. The van der Waals surface area contributed by atoms with Gasteiger partial charge < -0.3 is 4.90 Å². The molecule has 0 aliphatic carbocycles. The summed E-state index contributed by atoms with van der Waals surface area (Å²) in [4.78, 5) is 24.6. The minimum Gasteiger partial charge on any atom is -0.301 e. The topological polar surface area (TPSA) is 71.5 Å². The van der Waals surface area contributed by atoms with Crippen LogP contribution in [0.25, 0.3) is 0 Å². The summed E-state index contributed by atoms with van der Waals surface area (Å²) in [5, 5.41) is -0.0244. The van der Waals surface area contributed by atoms with Gasteiger partial charge in [-0.3, -0.25) is 9.59 Å². The summed E-state index contributed by atoms with van der Waals surface area (Å²) in [6, 6.07) is 2.23. The number of halogens is 2. The van der Waals surface area contributed by atoms with Gasteiger partial charge in [-0.15, -0.1) is 0 Å². The van der Waals surface area contributed by atoms with Gasteiger partial charge in [0.1, 0.15) is 5.82 Å². The van der Waals surface area contributed by atoms with Gasteiger partial charge in [-0.1, -0.05) is 18.5 Å². The number of Topliss-reactive ketones (excluding diaryl/α,β-unsaturated/α-hetero) is 1. The van der Waals surface area contributed by atoms with Crippen molar-refractivity contribution in [3.05, 3.63) is 28.5 Å². The molecule has 1 aliphatic rings. The molecular formula is C13H13ClFNO4S. The highest BCUT2D eigenvalue weighted by Crippen LogP contribution is 2.36. The zero-order chi connectivity index (χ0) is 15.8. The number of fused-ring (bicyclic) bond motifs is 1. The van der Waals surface area contributed by atoms with Crippen molar-refractivity contribution in [1.82, 2.24) is 0 Å². The van der Waals surface area contributed by atoms with Crippen LogP contribution in [-0.4, -0.2) is 38.2 Å². The normalized spacial score (nSPS) is 14.7.